The molecule has 2 atom stereocenters. The summed E-state index contributed by atoms with van der Waals surface area (Å²) in [5.41, 5.74) is 5.25. The Bertz CT molecular complexity index is 3190. The average molecular weight is 1200 g/mol. The molecule has 0 radical (unpaired) electrons. The van der Waals surface area contributed by atoms with Gasteiger partial charge in [0.05, 0.1) is 56.0 Å². The minimum Gasteiger partial charge on any atom is -0.458 e. The van der Waals surface area contributed by atoms with Crippen molar-refractivity contribution in [3.8, 4) is 0 Å². The Morgan fingerprint density at radius 1 is 0.609 bits per heavy atom. The Balaban J connectivity index is 0.000000240. The van der Waals surface area contributed by atoms with Gasteiger partial charge in [-0.15, -0.1) is 0 Å². The van der Waals surface area contributed by atoms with Crippen LogP contribution in [0.4, 0.5) is 21.2 Å². The number of amides is 4. The highest BCUT2D eigenvalue weighted by Crippen LogP contribution is 2.48. The summed E-state index contributed by atoms with van der Waals surface area (Å²) in [4.78, 5) is 107. The molecule has 23 heteroatoms. The van der Waals surface area contributed by atoms with Gasteiger partial charge >= 0.3 is 24.1 Å². The molecule has 470 valence electrons. The lowest BCUT2D eigenvalue weighted by atomic mass is 9.79. The van der Waals surface area contributed by atoms with Crippen molar-refractivity contribution in [1.82, 2.24) is 40.0 Å². The predicted octanol–water partition coefficient (Wildman–Crippen LogP) is 7.19. The zero-order valence-electron chi connectivity index (χ0n) is 52.8. The molecule has 4 aliphatic rings. The molecular formula is C64H86N10O13. The minimum atomic E-state index is -0.782. The van der Waals surface area contributed by atoms with Crippen molar-refractivity contribution in [3.63, 3.8) is 0 Å². The summed E-state index contributed by atoms with van der Waals surface area (Å²) in [7, 11) is 7.12. The van der Waals surface area contributed by atoms with Crippen LogP contribution in [-0.2, 0) is 79.3 Å². The molecule has 0 unspecified atom stereocenters. The molecule has 3 N–H and O–H groups in total. The van der Waals surface area contributed by atoms with Crippen molar-refractivity contribution in [1.29, 1.82) is 0 Å². The molecule has 2 spiro atoms. The van der Waals surface area contributed by atoms with E-state index in [2.05, 4.69) is 40.8 Å². The molecule has 0 aromatic carbocycles. The number of nitrogens with one attached hydrogen (secondary N) is 3. The van der Waals surface area contributed by atoms with Gasteiger partial charge in [-0.2, -0.15) is 0 Å². The lowest BCUT2D eigenvalue weighted by Gasteiger charge is -2.26. The highest BCUT2D eigenvalue weighted by Gasteiger charge is 2.53. The van der Waals surface area contributed by atoms with Crippen molar-refractivity contribution in [2.45, 2.75) is 129 Å². The molecule has 4 aromatic heterocycles. The number of aldehydes is 1. The van der Waals surface area contributed by atoms with Gasteiger partial charge in [0.1, 0.15) is 40.5 Å². The quantitative estimate of drug-likeness (QED) is 0.0322. The second-order valence-electron chi connectivity index (χ2n) is 24.5. The average Bonchev–Trinajstić information content (AvgIpc) is 1.59. The molecule has 0 fully saturated rings. The van der Waals surface area contributed by atoms with E-state index in [1.807, 2.05) is 71.3 Å². The van der Waals surface area contributed by atoms with Gasteiger partial charge in [-0.3, -0.25) is 9.59 Å². The lowest BCUT2D eigenvalue weighted by Crippen LogP contribution is -2.39. The van der Waals surface area contributed by atoms with Gasteiger partial charge in [0.2, 0.25) is 11.8 Å². The van der Waals surface area contributed by atoms with Crippen LogP contribution in [0.2, 0.25) is 0 Å². The van der Waals surface area contributed by atoms with Crippen LogP contribution < -0.4 is 16.0 Å². The highest BCUT2D eigenvalue weighted by molar-refractivity contribution is 6.07. The number of hydrogen-bond donors (Lipinski definition) is 3. The fourth-order valence-electron chi connectivity index (χ4n) is 9.83. The summed E-state index contributed by atoms with van der Waals surface area (Å²) in [6, 6.07) is 7.50. The molecule has 2 aliphatic heterocycles. The molecule has 4 amide bonds. The number of anilines is 2. The number of pyridine rings is 4. The molecule has 87 heavy (non-hydrogen) atoms. The van der Waals surface area contributed by atoms with E-state index in [1.54, 1.807) is 97.3 Å². The second kappa shape index (κ2) is 30.1. The minimum absolute atomic E-state index is 0.0644. The van der Waals surface area contributed by atoms with Gasteiger partial charge in [-0.05, 0) is 167 Å². The number of esters is 2. The number of aromatic nitrogens is 4. The molecule has 8 rings (SSSR count). The van der Waals surface area contributed by atoms with Gasteiger partial charge in [0, 0.05) is 76.2 Å². The predicted molar refractivity (Wildman–Crippen MR) is 328 cm³/mol. The first-order chi connectivity index (χ1) is 41.1. The highest BCUT2D eigenvalue weighted by atomic mass is 16.6. The van der Waals surface area contributed by atoms with Crippen molar-refractivity contribution in [2.24, 2.45) is 0 Å². The Morgan fingerprint density at radius 3 is 1.47 bits per heavy atom. The number of carbonyl (C=O) groups excluding carboxylic acids is 7. The fraction of sp³-hybridized carbons (Fsp3) is 0.516. The van der Waals surface area contributed by atoms with Gasteiger partial charge in [0.15, 0.2) is 0 Å². The summed E-state index contributed by atoms with van der Waals surface area (Å²) < 4.78 is 32.2. The van der Waals surface area contributed by atoms with Crippen LogP contribution in [0.1, 0.15) is 135 Å². The molecule has 4 aromatic rings. The third-order valence-electron chi connectivity index (χ3n) is 14.2. The SMILES string of the molecule is CC(C)OC(=O)c1cc2c(cn1)C[C@@]1(C2)C(=O)Nc2ncc(/C=C/COCCN(C)CCN(C)C(=O)OC(C)(C)C)cc21.CN(CC=O)C(=O)OC(C)(C)C.CNCCOC/C=C/c1cnc2c(c1)[C@@]1(Cc3cnc(C(=O)OC(C)C)cc3C1)C(=O)N2. The van der Waals surface area contributed by atoms with Gasteiger partial charge in [-0.1, -0.05) is 24.3 Å². The van der Waals surface area contributed by atoms with E-state index in [0.717, 1.165) is 57.6 Å². The zero-order valence-corrected chi connectivity index (χ0v) is 52.8. The molecule has 2 aliphatic carbocycles. The summed E-state index contributed by atoms with van der Waals surface area (Å²) >= 11 is 0. The Labute approximate surface area is 510 Å². The van der Waals surface area contributed by atoms with E-state index in [0.29, 0.717) is 83.1 Å². The molecule has 23 nitrogen and oxygen atoms in total. The van der Waals surface area contributed by atoms with Crippen LogP contribution >= 0.6 is 0 Å². The van der Waals surface area contributed by atoms with Crippen LogP contribution in [-0.4, -0.2) is 188 Å². The van der Waals surface area contributed by atoms with Crippen molar-refractivity contribution < 1.29 is 62.0 Å². The summed E-state index contributed by atoms with van der Waals surface area (Å²) in [6.07, 6.45) is 16.0. The maximum absolute atomic E-state index is 13.2. The van der Waals surface area contributed by atoms with Gasteiger partial charge in [-0.25, -0.2) is 39.1 Å². The maximum Gasteiger partial charge on any atom is 0.410 e. The maximum atomic E-state index is 13.2. The first kappa shape index (κ1) is 68.1. The third kappa shape index (κ3) is 18.8. The number of rotatable bonds is 21. The first-order valence-electron chi connectivity index (χ1n) is 29.2. The molecule has 0 saturated carbocycles. The van der Waals surface area contributed by atoms with E-state index >= 15 is 0 Å². The Kier molecular flexibility index (Phi) is 23.6. The number of nitrogens with zero attached hydrogens (tertiary/aromatic N) is 7. The summed E-state index contributed by atoms with van der Waals surface area (Å²) in [6.45, 7) is 23.0. The van der Waals surface area contributed by atoms with Crippen LogP contribution in [0.25, 0.3) is 12.2 Å². The van der Waals surface area contributed by atoms with E-state index in [-0.39, 0.29) is 48.0 Å². The summed E-state index contributed by atoms with van der Waals surface area (Å²) in [5, 5.41) is 8.90. The van der Waals surface area contributed by atoms with E-state index < -0.39 is 40.1 Å². The standard InChI is InChI=1S/C32H43N5O6.C24H28N4O4.C8H15NO3/c1-21(2)42-28(38)26-16-23-17-32(18-24(23)20-33-26)25-15-22(19-34-27(25)35-29(32)39)9-8-13-41-14-12-36(6)10-11-37(7)30(40)43-31(3,4)5;1-15(2)32-22(29)20-10-17-11-24(12-18(17)14-26-20)19-9-16(5-4-7-31-8-6-25-3)13-27-21(19)28-23(24)30;1-8(2,3)12-7(11)9(4)5-6-10/h8-9,15-16,19-21H,10-14,17-18H2,1-7H3,(H,34,35,39);4-5,9-10,13-15,25H,6-8,11-12H2,1-3H3,(H,27,28,30);6H,5H2,1-4H3/b9-8+;5-4+;/t32-;24-;/m11./s1. The number of likely N-dealkylation sites (N-methyl/N-ethyl adjacent to an activating group) is 4. The second-order valence-corrected chi connectivity index (χ2v) is 24.5. The zero-order chi connectivity index (χ0) is 63.9. The van der Waals surface area contributed by atoms with Gasteiger partial charge < -0.3 is 63.9 Å². The molecule has 0 saturated heterocycles. The third-order valence-corrected chi connectivity index (χ3v) is 14.2. The van der Waals surface area contributed by atoms with Crippen LogP contribution in [0.5, 0.6) is 0 Å². The lowest BCUT2D eigenvalue weighted by molar-refractivity contribution is -0.121. The fourth-order valence-corrected chi connectivity index (χ4v) is 9.83. The monoisotopic (exact) mass is 1200 g/mol. The van der Waals surface area contributed by atoms with Crippen LogP contribution in [0.3, 0.4) is 0 Å². The topological polar surface area (TPSA) is 272 Å². The molecule has 0 bridgehead atoms. The van der Waals surface area contributed by atoms with Crippen molar-refractivity contribution in [2.75, 3.05) is 98.0 Å². The smallest absolute Gasteiger partial charge is 0.410 e. The van der Waals surface area contributed by atoms with Crippen LogP contribution in [0, 0.1) is 0 Å². The largest absolute Gasteiger partial charge is 0.458 e. The molecule has 6 heterocycles. The van der Waals surface area contributed by atoms with E-state index in [4.69, 9.17) is 28.4 Å². The van der Waals surface area contributed by atoms with Gasteiger partial charge in [0.25, 0.3) is 0 Å². The number of hydrogen-bond acceptors (Lipinski definition) is 19. The molecular weight excluding hydrogens is 1120 g/mol. The Hall–Kier alpha value is -7.99. The number of carbonyl (C=O) groups is 7. The number of ether oxygens (including phenoxy) is 6. The number of fused-ring (bicyclic) bond motifs is 6. The van der Waals surface area contributed by atoms with Crippen molar-refractivity contribution >= 4 is 66.0 Å². The normalized spacial score (nSPS) is 17.1. The van der Waals surface area contributed by atoms with Crippen LogP contribution in [0.15, 0.2) is 61.2 Å². The van der Waals surface area contributed by atoms with E-state index in [1.165, 1.54) is 11.9 Å². The summed E-state index contributed by atoms with van der Waals surface area (Å²) in [5.74, 6) is 0.0776. The Morgan fingerprint density at radius 2 is 1.05 bits per heavy atom. The van der Waals surface area contributed by atoms with Crippen molar-refractivity contribution in [3.05, 3.63) is 117 Å². The van der Waals surface area contributed by atoms with E-state index in [9.17, 15) is 33.6 Å². The first-order valence-corrected chi connectivity index (χ1v) is 29.2.